The van der Waals surface area contributed by atoms with Crippen molar-refractivity contribution in [1.29, 1.82) is 0 Å². The van der Waals surface area contributed by atoms with Gasteiger partial charge in [0.1, 0.15) is 0 Å². The predicted octanol–water partition coefficient (Wildman–Crippen LogP) is 0.940. The van der Waals surface area contributed by atoms with Gasteiger partial charge in [0, 0.05) is 25.4 Å². The maximum Gasteiger partial charge on any atom is 0.0663 e. The van der Waals surface area contributed by atoms with Gasteiger partial charge in [-0.15, -0.1) is 0 Å². The van der Waals surface area contributed by atoms with Gasteiger partial charge in [-0.3, -0.25) is 9.88 Å². The first-order valence-electron chi connectivity index (χ1n) is 6.08. The van der Waals surface area contributed by atoms with Gasteiger partial charge in [0.2, 0.25) is 0 Å². The van der Waals surface area contributed by atoms with Crippen LogP contribution in [0.4, 0.5) is 0 Å². The molecule has 0 aliphatic carbocycles. The molecular formula is C13H21N3O. The van der Waals surface area contributed by atoms with E-state index in [1.807, 2.05) is 19.1 Å². The average molecular weight is 235 g/mol. The van der Waals surface area contributed by atoms with E-state index in [9.17, 15) is 0 Å². The van der Waals surface area contributed by atoms with E-state index in [0.29, 0.717) is 6.54 Å². The van der Waals surface area contributed by atoms with E-state index in [2.05, 4.69) is 23.0 Å². The maximum absolute atomic E-state index is 5.91. The molecule has 1 unspecified atom stereocenters. The van der Waals surface area contributed by atoms with Gasteiger partial charge in [-0.05, 0) is 32.5 Å². The highest BCUT2D eigenvalue weighted by atomic mass is 16.5. The van der Waals surface area contributed by atoms with Crippen molar-refractivity contribution in [2.75, 3.05) is 26.8 Å². The second-order valence-corrected chi connectivity index (χ2v) is 4.86. The van der Waals surface area contributed by atoms with Crippen molar-refractivity contribution in [3.63, 3.8) is 0 Å². The van der Waals surface area contributed by atoms with Crippen LogP contribution in [0.1, 0.15) is 17.8 Å². The number of hydrogen-bond donors (Lipinski definition) is 1. The average Bonchev–Trinajstić information content (AvgIpc) is 2.78. The number of aryl methyl sites for hydroxylation is 1. The third-order valence-electron chi connectivity index (χ3n) is 3.62. The zero-order valence-corrected chi connectivity index (χ0v) is 10.6. The lowest BCUT2D eigenvalue weighted by Gasteiger charge is -2.36. The Kier molecular flexibility index (Phi) is 3.76. The molecule has 0 bridgehead atoms. The largest absolute Gasteiger partial charge is 0.379 e. The zero-order valence-electron chi connectivity index (χ0n) is 10.6. The molecule has 2 heterocycles. The van der Waals surface area contributed by atoms with E-state index >= 15 is 0 Å². The Bertz CT molecular complexity index is 375. The second-order valence-electron chi connectivity index (χ2n) is 4.86. The normalized spacial score (nSPS) is 24.5. The van der Waals surface area contributed by atoms with Crippen LogP contribution >= 0.6 is 0 Å². The number of likely N-dealkylation sites (N-methyl/N-ethyl adjacent to an activating group) is 1. The van der Waals surface area contributed by atoms with E-state index in [1.165, 1.54) is 0 Å². The molecule has 94 valence electrons. The van der Waals surface area contributed by atoms with E-state index < -0.39 is 0 Å². The van der Waals surface area contributed by atoms with Crippen LogP contribution in [0, 0.1) is 6.92 Å². The molecule has 1 aromatic heterocycles. The van der Waals surface area contributed by atoms with Gasteiger partial charge in [-0.2, -0.15) is 0 Å². The summed E-state index contributed by atoms with van der Waals surface area (Å²) in [6, 6.07) is 6.12. The molecule has 0 spiro atoms. The smallest absolute Gasteiger partial charge is 0.0663 e. The van der Waals surface area contributed by atoms with Crippen molar-refractivity contribution in [3.05, 3.63) is 29.6 Å². The fraction of sp³-hybridized carbons (Fsp3) is 0.615. The van der Waals surface area contributed by atoms with Gasteiger partial charge in [0.25, 0.3) is 0 Å². The van der Waals surface area contributed by atoms with Crippen LogP contribution in [-0.4, -0.2) is 42.2 Å². The van der Waals surface area contributed by atoms with Crippen molar-refractivity contribution in [2.24, 2.45) is 5.73 Å². The third kappa shape index (κ3) is 2.65. The summed E-state index contributed by atoms with van der Waals surface area (Å²) < 4.78 is 5.49. The Labute approximate surface area is 103 Å². The molecule has 0 amide bonds. The SMILES string of the molecule is Cc1cccc(CN(C)C2(CN)CCOC2)n1. The summed E-state index contributed by atoms with van der Waals surface area (Å²) in [7, 11) is 2.10. The van der Waals surface area contributed by atoms with Gasteiger partial charge in [0.15, 0.2) is 0 Å². The lowest BCUT2D eigenvalue weighted by molar-refractivity contribution is 0.0873. The topological polar surface area (TPSA) is 51.4 Å². The lowest BCUT2D eigenvalue weighted by atomic mass is 9.96. The van der Waals surface area contributed by atoms with Crippen molar-refractivity contribution in [3.8, 4) is 0 Å². The van der Waals surface area contributed by atoms with Crippen LogP contribution in [0.5, 0.6) is 0 Å². The number of hydrogen-bond acceptors (Lipinski definition) is 4. The Morgan fingerprint density at radius 3 is 2.94 bits per heavy atom. The summed E-state index contributed by atoms with van der Waals surface area (Å²) >= 11 is 0. The molecule has 2 N–H and O–H groups in total. The molecule has 17 heavy (non-hydrogen) atoms. The summed E-state index contributed by atoms with van der Waals surface area (Å²) in [5.74, 6) is 0. The summed E-state index contributed by atoms with van der Waals surface area (Å²) in [4.78, 5) is 6.81. The molecule has 0 aromatic carbocycles. The Morgan fingerprint density at radius 2 is 2.35 bits per heavy atom. The molecule has 1 aliphatic rings. The van der Waals surface area contributed by atoms with Crippen LogP contribution in [0.2, 0.25) is 0 Å². The summed E-state index contributed by atoms with van der Waals surface area (Å²) in [5.41, 5.74) is 8.05. The van der Waals surface area contributed by atoms with Crippen LogP contribution in [0.15, 0.2) is 18.2 Å². The number of rotatable bonds is 4. The molecule has 4 heteroatoms. The number of nitrogens with zero attached hydrogens (tertiary/aromatic N) is 2. The van der Waals surface area contributed by atoms with E-state index in [4.69, 9.17) is 10.5 Å². The van der Waals surface area contributed by atoms with Crippen molar-refractivity contribution in [1.82, 2.24) is 9.88 Å². The highest BCUT2D eigenvalue weighted by molar-refractivity contribution is 5.10. The van der Waals surface area contributed by atoms with Gasteiger partial charge in [0.05, 0.1) is 17.8 Å². The molecule has 1 saturated heterocycles. The molecule has 1 atom stereocenters. The molecule has 1 aromatic rings. The zero-order chi connectivity index (χ0) is 12.3. The first-order valence-corrected chi connectivity index (χ1v) is 6.08. The summed E-state index contributed by atoms with van der Waals surface area (Å²) in [6.07, 6.45) is 1.01. The summed E-state index contributed by atoms with van der Waals surface area (Å²) in [5, 5.41) is 0. The Morgan fingerprint density at radius 1 is 1.53 bits per heavy atom. The molecule has 1 fully saturated rings. The maximum atomic E-state index is 5.91. The number of nitrogens with two attached hydrogens (primary N) is 1. The molecule has 1 aliphatic heterocycles. The summed E-state index contributed by atoms with van der Waals surface area (Å²) in [6.45, 7) is 5.01. The van der Waals surface area contributed by atoms with Crippen LogP contribution < -0.4 is 5.73 Å². The Balaban J connectivity index is 2.07. The number of aromatic nitrogens is 1. The fourth-order valence-electron chi connectivity index (χ4n) is 2.31. The third-order valence-corrected chi connectivity index (χ3v) is 3.62. The Hall–Kier alpha value is -0.970. The van der Waals surface area contributed by atoms with Gasteiger partial charge in [-0.1, -0.05) is 6.07 Å². The van der Waals surface area contributed by atoms with Crippen LogP contribution in [-0.2, 0) is 11.3 Å². The minimum Gasteiger partial charge on any atom is -0.379 e. The highest BCUT2D eigenvalue weighted by Crippen LogP contribution is 2.25. The van der Waals surface area contributed by atoms with E-state index in [-0.39, 0.29) is 5.54 Å². The van der Waals surface area contributed by atoms with E-state index in [1.54, 1.807) is 0 Å². The molecular weight excluding hydrogens is 214 g/mol. The molecule has 2 rings (SSSR count). The monoisotopic (exact) mass is 235 g/mol. The number of pyridine rings is 1. The second kappa shape index (κ2) is 5.12. The fourth-order valence-corrected chi connectivity index (χ4v) is 2.31. The van der Waals surface area contributed by atoms with Gasteiger partial charge in [-0.25, -0.2) is 0 Å². The number of ether oxygens (including phenoxy) is 1. The molecule has 4 nitrogen and oxygen atoms in total. The quantitative estimate of drug-likeness (QED) is 0.844. The predicted molar refractivity (Wildman–Crippen MR) is 67.7 cm³/mol. The molecule has 0 radical (unpaired) electrons. The minimum absolute atomic E-state index is 0.00851. The van der Waals surface area contributed by atoms with Crippen LogP contribution in [0.25, 0.3) is 0 Å². The van der Waals surface area contributed by atoms with Crippen molar-refractivity contribution in [2.45, 2.75) is 25.4 Å². The van der Waals surface area contributed by atoms with Crippen molar-refractivity contribution < 1.29 is 4.74 Å². The van der Waals surface area contributed by atoms with Crippen molar-refractivity contribution >= 4 is 0 Å². The van der Waals surface area contributed by atoms with Gasteiger partial charge < -0.3 is 10.5 Å². The lowest BCUT2D eigenvalue weighted by Crippen LogP contribution is -2.52. The highest BCUT2D eigenvalue weighted by Gasteiger charge is 2.37. The first kappa shape index (κ1) is 12.5. The van der Waals surface area contributed by atoms with Crippen LogP contribution in [0.3, 0.4) is 0 Å². The van der Waals surface area contributed by atoms with E-state index in [0.717, 1.165) is 37.6 Å². The minimum atomic E-state index is -0.00851. The van der Waals surface area contributed by atoms with Gasteiger partial charge >= 0.3 is 0 Å². The standard InChI is InChI=1S/C13H21N3O/c1-11-4-3-5-12(15-11)8-16(2)13(9-14)6-7-17-10-13/h3-5H,6-10,14H2,1-2H3. The first-order chi connectivity index (χ1) is 8.16. The molecule has 0 saturated carbocycles.